The van der Waals surface area contributed by atoms with E-state index in [-0.39, 0.29) is 16.4 Å². The molecule has 0 spiro atoms. The average Bonchev–Trinajstić information content (AvgIpc) is 3.29. The van der Waals surface area contributed by atoms with Crippen LogP contribution in [-0.4, -0.2) is 23.4 Å². The van der Waals surface area contributed by atoms with E-state index in [1.807, 2.05) is 34.5 Å². The Hall–Kier alpha value is -2.45. The molecule has 0 aliphatic rings. The predicted molar refractivity (Wildman–Crippen MR) is 110 cm³/mol. The zero-order valence-corrected chi connectivity index (χ0v) is 17.4. The molecule has 0 aliphatic heterocycles. The first-order valence-electron chi connectivity index (χ1n) is 8.53. The van der Waals surface area contributed by atoms with Gasteiger partial charge in [-0.3, -0.25) is 4.21 Å². The number of aromatic hydroxyl groups is 1. The molecule has 144 valence electrons. The van der Waals surface area contributed by atoms with Crippen molar-refractivity contribution in [2.75, 3.05) is 0 Å². The number of phenolic OH excluding ortho intramolecular Hbond substituents is 1. The number of imidazole rings is 1. The lowest BCUT2D eigenvalue weighted by Gasteiger charge is -2.10. The van der Waals surface area contributed by atoms with E-state index in [4.69, 9.17) is 0 Å². The molecule has 2 aromatic carbocycles. The standard InChI is InChI=1S/C20H17BrFN3O2S/c1-24-13(11-28(27)19-5-3-2-4-17(19)22)8-14-15(10-25-7-6-23-12-25)20(26)16(21)9-18(14)24/h2-9,12,26H,10-11H2,1H3. The summed E-state index contributed by atoms with van der Waals surface area (Å²) >= 11 is 3.41. The lowest BCUT2D eigenvalue weighted by molar-refractivity contribution is 0.464. The van der Waals surface area contributed by atoms with Gasteiger partial charge in [-0.05, 0) is 40.2 Å². The van der Waals surface area contributed by atoms with Crippen LogP contribution in [0, 0.1) is 5.82 Å². The molecule has 1 unspecified atom stereocenters. The normalized spacial score (nSPS) is 12.5. The van der Waals surface area contributed by atoms with Crippen LogP contribution in [0.3, 0.4) is 0 Å². The van der Waals surface area contributed by atoms with E-state index < -0.39 is 16.6 Å². The summed E-state index contributed by atoms with van der Waals surface area (Å²) in [7, 11) is 0.359. The minimum absolute atomic E-state index is 0.161. The second kappa shape index (κ2) is 7.52. The van der Waals surface area contributed by atoms with Gasteiger partial charge >= 0.3 is 0 Å². The zero-order valence-electron chi connectivity index (χ0n) is 15.0. The maximum absolute atomic E-state index is 14.0. The number of phenols is 1. The summed E-state index contributed by atoms with van der Waals surface area (Å²) in [5.74, 6) is -0.135. The Labute approximate surface area is 172 Å². The molecule has 0 aliphatic carbocycles. The van der Waals surface area contributed by atoms with Crippen LogP contribution in [-0.2, 0) is 30.1 Å². The summed E-state index contributed by atoms with van der Waals surface area (Å²) in [5, 5.41) is 11.5. The fourth-order valence-electron chi connectivity index (χ4n) is 3.25. The highest BCUT2D eigenvalue weighted by Gasteiger charge is 2.19. The number of halogens is 2. The van der Waals surface area contributed by atoms with Crippen LogP contribution in [0.5, 0.6) is 5.75 Å². The Morgan fingerprint density at radius 3 is 2.79 bits per heavy atom. The first kappa shape index (κ1) is 18.9. The van der Waals surface area contributed by atoms with Crippen molar-refractivity contribution in [3.63, 3.8) is 0 Å². The van der Waals surface area contributed by atoms with Crippen LogP contribution in [0.1, 0.15) is 11.3 Å². The van der Waals surface area contributed by atoms with Gasteiger partial charge in [0.1, 0.15) is 11.6 Å². The van der Waals surface area contributed by atoms with Gasteiger partial charge < -0.3 is 14.2 Å². The molecule has 1 N–H and O–H groups in total. The third-order valence-corrected chi connectivity index (χ3v) is 6.72. The molecular weight excluding hydrogens is 445 g/mol. The third-order valence-electron chi connectivity index (χ3n) is 4.74. The molecule has 1 atom stereocenters. The smallest absolute Gasteiger partial charge is 0.139 e. The van der Waals surface area contributed by atoms with Crippen LogP contribution in [0.25, 0.3) is 10.9 Å². The largest absolute Gasteiger partial charge is 0.506 e. The lowest BCUT2D eigenvalue weighted by Crippen LogP contribution is -2.03. The van der Waals surface area contributed by atoms with Gasteiger partial charge in [0.15, 0.2) is 0 Å². The minimum Gasteiger partial charge on any atom is -0.506 e. The molecule has 4 aromatic rings. The summed E-state index contributed by atoms with van der Waals surface area (Å²) in [6, 6.07) is 9.85. The summed E-state index contributed by atoms with van der Waals surface area (Å²) < 4.78 is 31.1. The summed E-state index contributed by atoms with van der Waals surface area (Å²) in [5.41, 5.74) is 2.42. The van der Waals surface area contributed by atoms with E-state index in [0.29, 0.717) is 11.0 Å². The fourth-order valence-corrected chi connectivity index (χ4v) is 4.93. The van der Waals surface area contributed by atoms with Gasteiger partial charge in [-0.15, -0.1) is 0 Å². The number of nitrogens with zero attached hydrogens (tertiary/aromatic N) is 3. The van der Waals surface area contributed by atoms with Gasteiger partial charge in [-0.25, -0.2) is 9.37 Å². The minimum atomic E-state index is -1.52. The molecule has 28 heavy (non-hydrogen) atoms. The van der Waals surface area contributed by atoms with Crippen molar-refractivity contribution in [3.05, 3.63) is 76.7 Å². The first-order chi connectivity index (χ1) is 13.5. The zero-order chi connectivity index (χ0) is 19.8. The van der Waals surface area contributed by atoms with Crippen molar-refractivity contribution in [2.45, 2.75) is 17.2 Å². The molecule has 8 heteroatoms. The molecular formula is C20H17BrFN3O2S. The molecule has 0 bridgehead atoms. The number of benzene rings is 2. The molecule has 0 amide bonds. The first-order valence-corrected chi connectivity index (χ1v) is 10.6. The van der Waals surface area contributed by atoms with Gasteiger partial charge in [0.05, 0.1) is 38.8 Å². The maximum atomic E-state index is 14.0. The highest BCUT2D eigenvalue weighted by Crippen LogP contribution is 2.37. The van der Waals surface area contributed by atoms with E-state index in [1.54, 1.807) is 30.7 Å². The molecule has 0 radical (unpaired) electrons. The summed E-state index contributed by atoms with van der Waals surface area (Å²) in [6.45, 7) is 0.446. The Kier molecular flexibility index (Phi) is 5.07. The molecule has 5 nitrogen and oxygen atoms in total. The Balaban J connectivity index is 1.78. The molecule has 0 saturated heterocycles. The average molecular weight is 462 g/mol. The van der Waals surface area contributed by atoms with Gasteiger partial charge in [0.2, 0.25) is 0 Å². The van der Waals surface area contributed by atoms with Gasteiger partial charge in [-0.2, -0.15) is 0 Å². The van der Waals surface area contributed by atoms with Crippen molar-refractivity contribution >= 4 is 37.6 Å². The molecule has 0 saturated carbocycles. The fraction of sp³-hybridized carbons (Fsp3) is 0.150. The highest BCUT2D eigenvalue weighted by molar-refractivity contribution is 9.10. The monoisotopic (exact) mass is 461 g/mol. The van der Waals surface area contributed by atoms with Crippen molar-refractivity contribution < 1.29 is 13.7 Å². The van der Waals surface area contributed by atoms with Crippen LogP contribution in [0.2, 0.25) is 0 Å². The molecule has 0 fully saturated rings. The molecule has 2 aromatic heterocycles. The SMILES string of the molecule is Cn1c(CS(=O)c2ccccc2F)cc2c(Cn3ccnc3)c(O)c(Br)cc21. The Morgan fingerprint density at radius 2 is 2.07 bits per heavy atom. The van der Waals surface area contributed by atoms with Crippen molar-refractivity contribution in [1.82, 2.24) is 14.1 Å². The number of hydrogen-bond donors (Lipinski definition) is 1. The quantitative estimate of drug-likeness (QED) is 0.480. The van der Waals surface area contributed by atoms with E-state index in [9.17, 15) is 13.7 Å². The maximum Gasteiger partial charge on any atom is 0.139 e. The number of hydrogen-bond acceptors (Lipinski definition) is 3. The van der Waals surface area contributed by atoms with Crippen molar-refractivity contribution in [1.29, 1.82) is 0 Å². The number of aryl methyl sites for hydroxylation is 1. The van der Waals surface area contributed by atoms with Gasteiger partial charge in [-0.1, -0.05) is 12.1 Å². The van der Waals surface area contributed by atoms with Gasteiger partial charge in [0, 0.05) is 41.6 Å². The van der Waals surface area contributed by atoms with E-state index in [0.717, 1.165) is 22.2 Å². The molecule has 4 rings (SSSR count). The summed E-state index contributed by atoms with van der Waals surface area (Å²) in [6.07, 6.45) is 5.19. The van der Waals surface area contributed by atoms with Crippen LogP contribution in [0.4, 0.5) is 4.39 Å². The highest BCUT2D eigenvalue weighted by atomic mass is 79.9. The molecule has 2 heterocycles. The van der Waals surface area contributed by atoms with E-state index >= 15 is 0 Å². The second-order valence-corrected chi connectivity index (χ2v) is 8.74. The Bertz CT molecular complexity index is 1190. The number of aromatic nitrogens is 3. The topological polar surface area (TPSA) is 60.0 Å². The third kappa shape index (κ3) is 3.38. The summed E-state index contributed by atoms with van der Waals surface area (Å²) in [4.78, 5) is 4.23. The lowest BCUT2D eigenvalue weighted by atomic mass is 10.1. The van der Waals surface area contributed by atoms with Crippen molar-refractivity contribution in [3.8, 4) is 5.75 Å². The predicted octanol–water partition coefficient (Wildman–Crippen LogP) is 4.34. The van der Waals surface area contributed by atoms with Crippen LogP contribution in [0.15, 0.2) is 64.5 Å². The van der Waals surface area contributed by atoms with Crippen LogP contribution < -0.4 is 0 Å². The number of fused-ring (bicyclic) bond motifs is 1. The second-order valence-electron chi connectivity index (χ2n) is 6.47. The van der Waals surface area contributed by atoms with Crippen LogP contribution >= 0.6 is 15.9 Å². The van der Waals surface area contributed by atoms with E-state index in [1.165, 1.54) is 6.07 Å². The number of rotatable bonds is 5. The van der Waals surface area contributed by atoms with Gasteiger partial charge in [0.25, 0.3) is 0 Å². The Morgan fingerprint density at radius 1 is 1.29 bits per heavy atom. The van der Waals surface area contributed by atoms with E-state index in [2.05, 4.69) is 20.9 Å². The van der Waals surface area contributed by atoms with Crippen molar-refractivity contribution in [2.24, 2.45) is 7.05 Å².